The molecule has 0 aliphatic carbocycles. The van der Waals surface area contributed by atoms with E-state index in [0.717, 1.165) is 16.7 Å². The lowest BCUT2D eigenvalue weighted by Crippen LogP contribution is -2.15. The summed E-state index contributed by atoms with van der Waals surface area (Å²) in [4.78, 5) is 14.5. The number of aromatic nitrogens is 3. The summed E-state index contributed by atoms with van der Waals surface area (Å²) in [6.45, 7) is 0. The van der Waals surface area contributed by atoms with Crippen molar-refractivity contribution in [2.24, 2.45) is 0 Å². The van der Waals surface area contributed by atoms with Gasteiger partial charge < -0.3 is 5.11 Å². The molecule has 8 nitrogen and oxygen atoms in total. The van der Waals surface area contributed by atoms with E-state index in [1.165, 1.54) is 5.51 Å². The van der Waals surface area contributed by atoms with Crippen LogP contribution in [0.15, 0.2) is 34.1 Å². The maximum absolute atomic E-state index is 12.3. The van der Waals surface area contributed by atoms with E-state index in [2.05, 4.69) is 19.9 Å². The molecule has 3 rings (SSSR count). The van der Waals surface area contributed by atoms with Crippen LogP contribution in [0.3, 0.4) is 0 Å². The minimum atomic E-state index is -4.04. The van der Waals surface area contributed by atoms with Gasteiger partial charge in [-0.1, -0.05) is 12.1 Å². The predicted molar refractivity (Wildman–Crippen MR) is 76.0 cm³/mol. The zero-order valence-corrected chi connectivity index (χ0v) is 11.9. The number of carbonyl (C=O) groups is 1. The van der Waals surface area contributed by atoms with Crippen molar-refractivity contribution in [3.63, 3.8) is 0 Å². The molecule has 10 heteroatoms. The van der Waals surface area contributed by atoms with Gasteiger partial charge in [0.25, 0.3) is 10.0 Å². The second-order valence-corrected chi connectivity index (χ2v) is 6.77. The average Bonchev–Trinajstić information content (AvgIpc) is 3.08. The van der Waals surface area contributed by atoms with E-state index in [4.69, 9.17) is 5.11 Å². The number of anilines is 1. The lowest BCUT2D eigenvalue weighted by atomic mass is 10.2. The molecule has 0 radical (unpaired) electrons. The lowest BCUT2D eigenvalue weighted by molar-refractivity contribution is 0.0687. The van der Waals surface area contributed by atoms with Crippen molar-refractivity contribution in [3.8, 4) is 0 Å². The van der Waals surface area contributed by atoms with E-state index in [-0.39, 0.29) is 9.90 Å². The summed E-state index contributed by atoms with van der Waals surface area (Å²) in [5.74, 6) is -1.39. The first-order valence-corrected chi connectivity index (χ1v) is 7.97. The van der Waals surface area contributed by atoms with E-state index in [0.29, 0.717) is 5.52 Å². The highest BCUT2D eigenvalue weighted by Gasteiger charge is 2.26. The quantitative estimate of drug-likeness (QED) is 0.668. The molecular weight excluding hydrogens is 316 g/mol. The highest BCUT2D eigenvalue weighted by Crippen LogP contribution is 2.26. The standard InChI is InChI=1S/C11H8N4O4S2/c16-10(17)9-11(20-5-12-9)21(18,19)15-7-3-1-2-6-4-13-14-8(6)7/h1-5,15H,(H,13,14)(H,16,17). The van der Waals surface area contributed by atoms with Crippen molar-refractivity contribution in [3.05, 3.63) is 35.6 Å². The minimum Gasteiger partial charge on any atom is -0.476 e. The highest BCUT2D eigenvalue weighted by molar-refractivity contribution is 7.94. The van der Waals surface area contributed by atoms with Crippen LogP contribution < -0.4 is 4.72 Å². The molecule has 2 heterocycles. The Morgan fingerprint density at radius 2 is 2.19 bits per heavy atom. The van der Waals surface area contributed by atoms with Crippen molar-refractivity contribution in [1.82, 2.24) is 15.2 Å². The van der Waals surface area contributed by atoms with Gasteiger partial charge >= 0.3 is 5.97 Å². The Kier molecular flexibility index (Phi) is 3.11. The number of rotatable bonds is 4. The van der Waals surface area contributed by atoms with Crippen LogP contribution in [-0.2, 0) is 10.0 Å². The Bertz CT molecular complexity index is 929. The number of H-pyrrole nitrogens is 1. The molecule has 0 aliphatic heterocycles. The van der Waals surface area contributed by atoms with Crippen molar-refractivity contribution in [2.45, 2.75) is 4.21 Å². The molecule has 0 bridgehead atoms. The van der Waals surface area contributed by atoms with Gasteiger partial charge in [0.2, 0.25) is 0 Å². The van der Waals surface area contributed by atoms with E-state index in [9.17, 15) is 13.2 Å². The third-order valence-corrected chi connectivity index (χ3v) is 5.44. The number of nitrogens with one attached hydrogen (secondary N) is 2. The number of aromatic amines is 1. The number of hydrogen-bond donors (Lipinski definition) is 3. The molecule has 0 aliphatic rings. The molecule has 1 aromatic carbocycles. The third-order valence-electron chi connectivity index (χ3n) is 2.70. The summed E-state index contributed by atoms with van der Waals surface area (Å²) in [6.07, 6.45) is 1.56. The van der Waals surface area contributed by atoms with Crippen LogP contribution >= 0.6 is 11.3 Å². The van der Waals surface area contributed by atoms with Gasteiger partial charge in [-0.3, -0.25) is 9.82 Å². The Balaban J connectivity index is 2.06. The second-order valence-electron chi connectivity index (χ2n) is 4.04. The van der Waals surface area contributed by atoms with Gasteiger partial charge in [0, 0.05) is 5.39 Å². The first-order chi connectivity index (χ1) is 9.99. The number of sulfonamides is 1. The highest BCUT2D eigenvalue weighted by atomic mass is 32.2. The van der Waals surface area contributed by atoms with Crippen LogP contribution in [0, 0.1) is 0 Å². The van der Waals surface area contributed by atoms with Crippen molar-refractivity contribution < 1.29 is 18.3 Å². The van der Waals surface area contributed by atoms with Gasteiger partial charge in [-0.15, -0.1) is 11.3 Å². The van der Waals surface area contributed by atoms with Crippen LogP contribution in [0.2, 0.25) is 0 Å². The number of para-hydroxylation sites is 1. The summed E-state index contributed by atoms with van der Waals surface area (Å²) in [7, 11) is -4.04. The molecular formula is C11H8N4O4S2. The maximum Gasteiger partial charge on any atom is 0.356 e. The fourth-order valence-corrected chi connectivity index (χ4v) is 4.03. The smallest absolute Gasteiger partial charge is 0.356 e. The molecule has 21 heavy (non-hydrogen) atoms. The maximum atomic E-state index is 12.3. The first-order valence-electron chi connectivity index (χ1n) is 5.61. The first kappa shape index (κ1) is 13.5. The topological polar surface area (TPSA) is 125 Å². The summed E-state index contributed by atoms with van der Waals surface area (Å²) in [5, 5.41) is 16.2. The monoisotopic (exact) mass is 324 g/mol. The number of carboxylic acids is 1. The van der Waals surface area contributed by atoms with Gasteiger partial charge in [-0.2, -0.15) is 5.10 Å². The Morgan fingerprint density at radius 1 is 1.38 bits per heavy atom. The molecule has 0 saturated carbocycles. The Hall–Kier alpha value is -2.46. The van der Waals surface area contributed by atoms with Gasteiger partial charge in [0.15, 0.2) is 9.90 Å². The largest absolute Gasteiger partial charge is 0.476 e. The SMILES string of the molecule is O=C(O)c1ncsc1S(=O)(=O)Nc1cccc2cn[nH]c12. The molecule has 0 unspecified atom stereocenters. The summed E-state index contributed by atoms with van der Waals surface area (Å²) >= 11 is 0.743. The number of nitrogens with zero attached hydrogens (tertiary/aromatic N) is 2. The number of carboxylic acid groups (broad SMARTS) is 1. The van der Waals surface area contributed by atoms with Crippen LogP contribution in [0.25, 0.3) is 10.9 Å². The molecule has 0 fully saturated rings. The molecule has 108 valence electrons. The number of benzene rings is 1. The van der Waals surface area contributed by atoms with Crippen molar-refractivity contribution in [1.29, 1.82) is 0 Å². The molecule has 3 aromatic rings. The van der Waals surface area contributed by atoms with Gasteiger partial charge in [-0.05, 0) is 6.07 Å². The fourth-order valence-electron chi connectivity index (χ4n) is 1.81. The number of thiazole rings is 1. The molecule has 3 N–H and O–H groups in total. The lowest BCUT2D eigenvalue weighted by Gasteiger charge is -2.07. The predicted octanol–water partition coefficient (Wildman–Crippen LogP) is 1.52. The van der Waals surface area contributed by atoms with E-state index >= 15 is 0 Å². The summed E-state index contributed by atoms with van der Waals surface area (Å²) in [5.41, 5.74) is 1.48. The zero-order chi connectivity index (χ0) is 15.0. The second kappa shape index (κ2) is 4.82. The van der Waals surface area contributed by atoms with Gasteiger partial charge in [-0.25, -0.2) is 18.2 Å². The Morgan fingerprint density at radius 3 is 2.95 bits per heavy atom. The summed E-state index contributed by atoms with van der Waals surface area (Å²) in [6, 6.07) is 4.99. The molecule has 0 spiro atoms. The van der Waals surface area contributed by atoms with Gasteiger partial charge in [0.1, 0.15) is 0 Å². The number of aromatic carboxylic acids is 1. The molecule has 0 saturated heterocycles. The summed E-state index contributed by atoms with van der Waals surface area (Å²) < 4.78 is 26.6. The molecule has 0 atom stereocenters. The zero-order valence-electron chi connectivity index (χ0n) is 10.3. The van der Waals surface area contributed by atoms with E-state index in [1.54, 1.807) is 24.4 Å². The van der Waals surface area contributed by atoms with E-state index in [1.807, 2.05) is 0 Å². The van der Waals surface area contributed by atoms with Crippen LogP contribution in [0.1, 0.15) is 10.5 Å². The van der Waals surface area contributed by atoms with Crippen LogP contribution in [0.4, 0.5) is 5.69 Å². The third kappa shape index (κ3) is 2.34. The van der Waals surface area contributed by atoms with Gasteiger partial charge in [0.05, 0.1) is 22.9 Å². The van der Waals surface area contributed by atoms with Crippen molar-refractivity contribution >= 4 is 43.9 Å². The Labute approximate surface area is 122 Å². The number of hydrogen-bond acceptors (Lipinski definition) is 6. The molecule has 2 aromatic heterocycles. The van der Waals surface area contributed by atoms with E-state index < -0.39 is 21.7 Å². The molecule has 0 amide bonds. The normalized spacial score (nSPS) is 11.6. The average molecular weight is 324 g/mol. The minimum absolute atomic E-state index is 0.287. The van der Waals surface area contributed by atoms with Crippen molar-refractivity contribution in [2.75, 3.05) is 4.72 Å². The number of fused-ring (bicyclic) bond motifs is 1. The van der Waals surface area contributed by atoms with Crippen LogP contribution in [0.5, 0.6) is 0 Å². The van der Waals surface area contributed by atoms with Crippen LogP contribution in [-0.4, -0.2) is 34.7 Å². The fraction of sp³-hybridized carbons (Fsp3) is 0.